The van der Waals surface area contributed by atoms with Crippen LogP contribution in [0.2, 0.25) is 0 Å². The van der Waals surface area contributed by atoms with E-state index in [1.54, 1.807) is 6.08 Å². The second-order valence-electron chi connectivity index (χ2n) is 6.98. The zero-order valence-electron chi connectivity index (χ0n) is 11.4. The number of carbonyl (C=O) groups excluding carboxylic acids is 2. The maximum Gasteiger partial charge on any atom is 0.314 e. The van der Waals surface area contributed by atoms with Gasteiger partial charge in [0.15, 0.2) is 5.78 Å². The number of allylic oxidation sites excluding steroid dienone is 1. The van der Waals surface area contributed by atoms with Crippen LogP contribution < -0.4 is 0 Å². The predicted molar refractivity (Wildman–Crippen MR) is 66.7 cm³/mol. The molecule has 3 heteroatoms. The fourth-order valence-corrected chi connectivity index (χ4v) is 4.75. The van der Waals surface area contributed by atoms with E-state index in [-0.39, 0.29) is 40.5 Å². The van der Waals surface area contributed by atoms with Crippen LogP contribution in [0.5, 0.6) is 0 Å². The van der Waals surface area contributed by atoms with Crippen molar-refractivity contribution in [3.05, 3.63) is 11.6 Å². The lowest BCUT2D eigenvalue weighted by Crippen LogP contribution is -2.56. The van der Waals surface area contributed by atoms with Gasteiger partial charge in [0.1, 0.15) is 6.10 Å². The van der Waals surface area contributed by atoms with E-state index in [0.717, 1.165) is 18.4 Å². The minimum atomic E-state index is -0.339. The van der Waals surface area contributed by atoms with Gasteiger partial charge in [-0.2, -0.15) is 0 Å². The molecule has 2 aliphatic carbocycles. The van der Waals surface area contributed by atoms with Crippen molar-refractivity contribution in [1.29, 1.82) is 0 Å². The number of carbonyl (C=O) groups is 2. The number of rotatable bonds is 0. The lowest BCUT2D eigenvalue weighted by atomic mass is 9.48. The minimum absolute atomic E-state index is 0.0498. The molecule has 3 nitrogen and oxygen atoms in total. The Morgan fingerprint density at radius 3 is 2.61 bits per heavy atom. The van der Waals surface area contributed by atoms with Gasteiger partial charge in [-0.25, -0.2) is 0 Å². The standard InChI is InChI=1S/C15H20O3/c1-8-7-9(16)12-14(2,3)6-5-10-15(12,4)11(8)13(17)18-10/h7,10-12H,5-6H2,1-4H3/t10-,11-,12-,15+/m0/s1. The lowest BCUT2D eigenvalue weighted by Gasteiger charge is -2.53. The largest absolute Gasteiger partial charge is 0.461 e. The molecule has 0 aromatic carbocycles. The molecule has 1 heterocycles. The maximum absolute atomic E-state index is 12.4. The van der Waals surface area contributed by atoms with Gasteiger partial charge in [0, 0.05) is 11.3 Å². The van der Waals surface area contributed by atoms with Crippen molar-refractivity contribution in [2.24, 2.45) is 22.7 Å². The highest BCUT2D eigenvalue weighted by molar-refractivity contribution is 5.98. The van der Waals surface area contributed by atoms with Gasteiger partial charge >= 0.3 is 5.97 Å². The van der Waals surface area contributed by atoms with Gasteiger partial charge in [0.05, 0.1) is 5.92 Å². The summed E-state index contributed by atoms with van der Waals surface area (Å²) >= 11 is 0. The Morgan fingerprint density at radius 2 is 1.94 bits per heavy atom. The number of esters is 1. The van der Waals surface area contributed by atoms with Crippen LogP contribution in [-0.4, -0.2) is 17.9 Å². The molecule has 1 saturated carbocycles. The van der Waals surface area contributed by atoms with E-state index in [0.29, 0.717) is 0 Å². The summed E-state index contributed by atoms with van der Waals surface area (Å²) in [4.78, 5) is 24.6. The van der Waals surface area contributed by atoms with Gasteiger partial charge in [-0.15, -0.1) is 0 Å². The normalized spacial score (nSPS) is 45.3. The molecule has 1 aliphatic heterocycles. The Balaban J connectivity index is 2.21. The van der Waals surface area contributed by atoms with Crippen LogP contribution in [-0.2, 0) is 14.3 Å². The lowest BCUT2D eigenvalue weighted by molar-refractivity contribution is -0.147. The van der Waals surface area contributed by atoms with Crippen LogP contribution in [0.3, 0.4) is 0 Å². The number of ketones is 1. The Labute approximate surface area is 108 Å². The van der Waals surface area contributed by atoms with Gasteiger partial charge in [-0.1, -0.05) is 26.3 Å². The van der Waals surface area contributed by atoms with Gasteiger partial charge in [-0.05, 0) is 31.3 Å². The van der Waals surface area contributed by atoms with Crippen LogP contribution in [0.15, 0.2) is 11.6 Å². The van der Waals surface area contributed by atoms with E-state index in [2.05, 4.69) is 20.8 Å². The third-order valence-corrected chi connectivity index (χ3v) is 5.37. The van der Waals surface area contributed by atoms with Gasteiger partial charge in [-0.3, -0.25) is 9.59 Å². The summed E-state index contributed by atoms with van der Waals surface area (Å²) in [5, 5.41) is 0. The molecule has 0 spiro atoms. The molecule has 3 aliphatic rings. The zero-order valence-corrected chi connectivity index (χ0v) is 11.4. The highest BCUT2D eigenvalue weighted by Crippen LogP contribution is 2.62. The SMILES string of the molecule is CC1=CC(=O)[C@H]2C(C)(C)CC[C@@H]3OC(=O)[C@H]1[C@@]32C. The third kappa shape index (κ3) is 1.20. The highest BCUT2D eigenvalue weighted by atomic mass is 16.6. The van der Waals surface area contributed by atoms with Crippen molar-refractivity contribution >= 4 is 11.8 Å². The van der Waals surface area contributed by atoms with E-state index in [1.807, 2.05) is 6.92 Å². The Bertz CT molecular complexity index is 474. The Kier molecular flexibility index (Phi) is 2.16. The summed E-state index contributed by atoms with van der Waals surface area (Å²) in [5.74, 6) is -0.264. The molecular weight excluding hydrogens is 228 g/mol. The summed E-state index contributed by atoms with van der Waals surface area (Å²) in [6, 6.07) is 0. The molecule has 0 unspecified atom stereocenters. The van der Waals surface area contributed by atoms with Crippen molar-refractivity contribution in [3.63, 3.8) is 0 Å². The monoisotopic (exact) mass is 248 g/mol. The first kappa shape index (κ1) is 11.9. The second-order valence-corrected chi connectivity index (χ2v) is 6.98. The maximum atomic E-state index is 12.4. The quantitative estimate of drug-likeness (QED) is 0.619. The first-order valence-electron chi connectivity index (χ1n) is 6.71. The van der Waals surface area contributed by atoms with Crippen molar-refractivity contribution in [3.8, 4) is 0 Å². The van der Waals surface area contributed by atoms with Crippen molar-refractivity contribution in [1.82, 2.24) is 0 Å². The molecule has 0 N–H and O–H groups in total. The third-order valence-electron chi connectivity index (χ3n) is 5.37. The van der Waals surface area contributed by atoms with Crippen LogP contribution in [0, 0.1) is 22.7 Å². The molecule has 0 amide bonds. The summed E-state index contributed by atoms with van der Waals surface area (Å²) in [6.45, 7) is 8.25. The molecule has 18 heavy (non-hydrogen) atoms. The van der Waals surface area contributed by atoms with Gasteiger partial charge < -0.3 is 4.74 Å². The molecule has 0 aromatic heterocycles. The zero-order chi connectivity index (χ0) is 13.3. The van der Waals surface area contributed by atoms with E-state index in [9.17, 15) is 9.59 Å². The van der Waals surface area contributed by atoms with Gasteiger partial charge in [0.2, 0.25) is 0 Å². The summed E-state index contributed by atoms with van der Waals surface area (Å²) in [5.41, 5.74) is 0.490. The van der Waals surface area contributed by atoms with Crippen molar-refractivity contribution in [2.45, 2.75) is 46.6 Å². The van der Waals surface area contributed by atoms with Crippen LogP contribution in [0.4, 0.5) is 0 Å². The topological polar surface area (TPSA) is 43.4 Å². The fraction of sp³-hybridized carbons (Fsp3) is 0.733. The van der Waals surface area contributed by atoms with E-state index >= 15 is 0 Å². The van der Waals surface area contributed by atoms with Crippen LogP contribution in [0.25, 0.3) is 0 Å². The molecule has 0 radical (unpaired) electrons. The number of ether oxygens (including phenoxy) is 1. The van der Waals surface area contributed by atoms with E-state index in [4.69, 9.17) is 4.74 Å². The minimum Gasteiger partial charge on any atom is -0.461 e. The molecule has 1 saturated heterocycles. The molecule has 0 bridgehead atoms. The Hall–Kier alpha value is -1.12. The first-order valence-corrected chi connectivity index (χ1v) is 6.71. The average Bonchev–Trinajstić information content (AvgIpc) is 2.46. The predicted octanol–water partition coefficient (Wildman–Crippen LogP) is 2.50. The summed E-state index contributed by atoms with van der Waals surface area (Å²) in [7, 11) is 0. The van der Waals surface area contributed by atoms with Crippen molar-refractivity contribution < 1.29 is 14.3 Å². The van der Waals surface area contributed by atoms with E-state index in [1.165, 1.54) is 0 Å². The summed E-state index contributed by atoms with van der Waals surface area (Å²) < 4.78 is 5.56. The summed E-state index contributed by atoms with van der Waals surface area (Å²) in [6.07, 6.45) is 3.41. The van der Waals surface area contributed by atoms with Crippen LogP contribution >= 0.6 is 0 Å². The molecule has 98 valence electrons. The smallest absolute Gasteiger partial charge is 0.314 e. The number of hydrogen-bond donors (Lipinski definition) is 0. The Morgan fingerprint density at radius 1 is 1.28 bits per heavy atom. The van der Waals surface area contributed by atoms with Gasteiger partial charge in [0.25, 0.3) is 0 Å². The van der Waals surface area contributed by atoms with E-state index < -0.39 is 0 Å². The average molecular weight is 248 g/mol. The number of hydrogen-bond acceptors (Lipinski definition) is 3. The second kappa shape index (κ2) is 3.25. The first-order chi connectivity index (χ1) is 8.28. The molecular formula is C15H20O3. The van der Waals surface area contributed by atoms with Crippen molar-refractivity contribution in [2.75, 3.05) is 0 Å². The van der Waals surface area contributed by atoms with Crippen LogP contribution in [0.1, 0.15) is 40.5 Å². The molecule has 2 fully saturated rings. The highest BCUT2D eigenvalue weighted by Gasteiger charge is 2.66. The molecule has 4 atom stereocenters. The molecule has 0 aromatic rings. The fourth-order valence-electron chi connectivity index (χ4n) is 4.75. The molecule has 3 rings (SSSR count).